The highest BCUT2D eigenvalue weighted by Gasteiger charge is 2.38. The molecule has 3 atom stereocenters. The van der Waals surface area contributed by atoms with Gasteiger partial charge in [0, 0.05) is 0 Å². The minimum Gasteiger partial charge on any atom is -0.466 e. The molecule has 3 heteroatoms. The molecule has 70 valence electrons. The maximum absolute atomic E-state index is 11.3. The molecule has 1 saturated carbocycles. The van der Waals surface area contributed by atoms with Crippen molar-refractivity contribution in [3.8, 4) is 0 Å². The molecule has 1 unspecified atom stereocenters. The third-order valence-electron chi connectivity index (χ3n) is 2.50. The van der Waals surface area contributed by atoms with E-state index < -0.39 is 6.10 Å². The molecule has 12 heavy (non-hydrogen) atoms. The van der Waals surface area contributed by atoms with Gasteiger partial charge in [-0.25, -0.2) is 0 Å². The number of rotatable bonds is 2. The summed E-state index contributed by atoms with van der Waals surface area (Å²) in [5.74, 6) is -0.265. The molecular formula is C9H16O3. The van der Waals surface area contributed by atoms with Crippen LogP contribution in [0.15, 0.2) is 0 Å². The first kappa shape index (κ1) is 9.52. The number of hydrogen-bond acceptors (Lipinski definition) is 3. The van der Waals surface area contributed by atoms with E-state index in [4.69, 9.17) is 4.74 Å². The van der Waals surface area contributed by atoms with Gasteiger partial charge < -0.3 is 9.84 Å². The van der Waals surface area contributed by atoms with Crippen LogP contribution in [0.5, 0.6) is 0 Å². The molecule has 1 N–H and O–H groups in total. The van der Waals surface area contributed by atoms with Crippen LogP contribution in [-0.4, -0.2) is 23.8 Å². The van der Waals surface area contributed by atoms with Gasteiger partial charge in [0.15, 0.2) is 0 Å². The zero-order chi connectivity index (χ0) is 9.14. The average molecular weight is 172 g/mol. The van der Waals surface area contributed by atoms with Crippen LogP contribution in [0, 0.1) is 11.8 Å². The molecule has 0 radical (unpaired) electrons. The third-order valence-corrected chi connectivity index (χ3v) is 2.50. The first-order valence-corrected chi connectivity index (χ1v) is 4.51. The van der Waals surface area contributed by atoms with Gasteiger partial charge in [0.2, 0.25) is 0 Å². The number of aliphatic hydroxyl groups excluding tert-OH is 1. The van der Waals surface area contributed by atoms with Gasteiger partial charge in [-0.15, -0.1) is 0 Å². The lowest BCUT2D eigenvalue weighted by molar-refractivity contribution is -0.152. The summed E-state index contributed by atoms with van der Waals surface area (Å²) in [5.41, 5.74) is 0. The van der Waals surface area contributed by atoms with E-state index >= 15 is 0 Å². The second-order valence-electron chi connectivity index (χ2n) is 3.40. The Kier molecular flexibility index (Phi) is 3.09. The summed E-state index contributed by atoms with van der Waals surface area (Å²) >= 11 is 0. The van der Waals surface area contributed by atoms with Crippen LogP contribution in [0.4, 0.5) is 0 Å². The van der Waals surface area contributed by atoms with Gasteiger partial charge in [-0.3, -0.25) is 4.79 Å². The first-order chi connectivity index (χ1) is 5.66. The maximum Gasteiger partial charge on any atom is 0.311 e. The fourth-order valence-electron chi connectivity index (χ4n) is 1.80. The van der Waals surface area contributed by atoms with Crippen molar-refractivity contribution in [3.05, 3.63) is 0 Å². The SMILES string of the molecule is CCOC(=O)C1[C@@H](C)CC[C@@H]1O. The second-order valence-corrected chi connectivity index (χ2v) is 3.40. The summed E-state index contributed by atoms with van der Waals surface area (Å²) in [4.78, 5) is 11.3. The van der Waals surface area contributed by atoms with E-state index in [0.29, 0.717) is 6.61 Å². The summed E-state index contributed by atoms with van der Waals surface area (Å²) in [6.45, 7) is 4.16. The molecular weight excluding hydrogens is 156 g/mol. The highest BCUT2D eigenvalue weighted by atomic mass is 16.5. The molecule has 0 aliphatic heterocycles. The Balaban J connectivity index is 2.53. The molecule has 1 aliphatic rings. The van der Waals surface area contributed by atoms with E-state index in [1.54, 1.807) is 6.92 Å². The Labute approximate surface area is 72.7 Å². The van der Waals surface area contributed by atoms with Gasteiger partial charge >= 0.3 is 5.97 Å². The van der Waals surface area contributed by atoms with E-state index in [0.717, 1.165) is 12.8 Å². The van der Waals surface area contributed by atoms with Gasteiger partial charge in [0.25, 0.3) is 0 Å². The Hall–Kier alpha value is -0.570. The predicted octanol–water partition coefficient (Wildman–Crippen LogP) is 0.956. The van der Waals surface area contributed by atoms with E-state index in [1.165, 1.54) is 0 Å². The van der Waals surface area contributed by atoms with Crippen LogP contribution >= 0.6 is 0 Å². The van der Waals surface area contributed by atoms with Crippen molar-refractivity contribution in [2.24, 2.45) is 11.8 Å². The minimum absolute atomic E-state index is 0.241. The smallest absolute Gasteiger partial charge is 0.311 e. The second kappa shape index (κ2) is 3.90. The van der Waals surface area contributed by atoms with Crippen molar-refractivity contribution < 1.29 is 14.6 Å². The molecule has 0 bridgehead atoms. The van der Waals surface area contributed by atoms with Gasteiger partial charge in [-0.05, 0) is 25.7 Å². The fourth-order valence-corrected chi connectivity index (χ4v) is 1.80. The number of carbonyl (C=O) groups is 1. The number of esters is 1. The van der Waals surface area contributed by atoms with Crippen LogP contribution in [0.25, 0.3) is 0 Å². The molecule has 0 spiro atoms. The summed E-state index contributed by atoms with van der Waals surface area (Å²) in [6.07, 6.45) is 1.16. The van der Waals surface area contributed by atoms with E-state index in [2.05, 4.69) is 0 Å². The zero-order valence-corrected chi connectivity index (χ0v) is 7.62. The van der Waals surface area contributed by atoms with Crippen molar-refractivity contribution in [3.63, 3.8) is 0 Å². The average Bonchev–Trinajstić information content (AvgIpc) is 2.32. The lowest BCUT2D eigenvalue weighted by Gasteiger charge is -2.16. The summed E-state index contributed by atoms with van der Waals surface area (Å²) in [6, 6.07) is 0. The minimum atomic E-state index is -0.487. The summed E-state index contributed by atoms with van der Waals surface area (Å²) in [5, 5.41) is 9.46. The molecule has 0 saturated heterocycles. The van der Waals surface area contributed by atoms with Gasteiger partial charge in [0.1, 0.15) is 0 Å². The molecule has 0 amide bonds. The van der Waals surface area contributed by atoms with Gasteiger partial charge in [0.05, 0.1) is 18.6 Å². The van der Waals surface area contributed by atoms with Crippen molar-refractivity contribution in [2.45, 2.75) is 32.8 Å². The Morgan fingerprint density at radius 3 is 2.67 bits per heavy atom. The normalized spacial score (nSPS) is 35.1. The van der Waals surface area contributed by atoms with Crippen LogP contribution in [0.1, 0.15) is 26.7 Å². The predicted molar refractivity (Wildman–Crippen MR) is 44.5 cm³/mol. The Morgan fingerprint density at radius 1 is 1.58 bits per heavy atom. The number of aliphatic hydroxyl groups is 1. The van der Waals surface area contributed by atoms with E-state index in [9.17, 15) is 9.90 Å². The van der Waals surface area contributed by atoms with Crippen LogP contribution in [0.2, 0.25) is 0 Å². The first-order valence-electron chi connectivity index (χ1n) is 4.51. The highest BCUT2D eigenvalue weighted by Crippen LogP contribution is 2.32. The maximum atomic E-state index is 11.3. The molecule has 1 aliphatic carbocycles. The Morgan fingerprint density at radius 2 is 2.25 bits per heavy atom. The molecule has 1 rings (SSSR count). The molecule has 0 aromatic heterocycles. The zero-order valence-electron chi connectivity index (χ0n) is 7.62. The van der Waals surface area contributed by atoms with E-state index in [1.807, 2.05) is 6.92 Å². The third kappa shape index (κ3) is 1.78. The quantitative estimate of drug-likeness (QED) is 0.631. The molecule has 0 aromatic carbocycles. The molecule has 1 fully saturated rings. The van der Waals surface area contributed by atoms with Gasteiger partial charge in [-0.2, -0.15) is 0 Å². The lowest BCUT2D eigenvalue weighted by atomic mass is 9.97. The Bertz CT molecular complexity index is 157. The summed E-state index contributed by atoms with van der Waals surface area (Å²) < 4.78 is 4.87. The molecule has 0 aromatic rings. The monoisotopic (exact) mass is 172 g/mol. The van der Waals surface area contributed by atoms with Gasteiger partial charge in [-0.1, -0.05) is 6.92 Å². The standard InChI is InChI=1S/C9H16O3/c1-3-12-9(11)8-6(2)4-5-7(8)10/h6-8,10H,3-5H2,1-2H3/t6-,7-,8?/m0/s1. The molecule has 3 nitrogen and oxygen atoms in total. The number of carbonyl (C=O) groups excluding carboxylic acids is 1. The van der Waals surface area contributed by atoms with E-state index in [-0.39, 0.29) is 17.8 Å². The van der Waals surface area contributed by atoms with Crippen molar-refractivity contribution in [1.29, 1.82) is 0 Å². The largest absolute Gasteiger partial charge is 0.466 e. The summed E-state index contributed by atoms with van der Waals surface area (Å²) in [7, 11) is 0. The fraction of sp³-hybridized carbons (Fsp3) is 0.889. The molecule has 0 heterocycles. The van der Waals surface area contributed by atoms with Crippen LogP contribution in [-0.2, 0) is 9.53 Å². The van der Waals surface area contributed by atoms with Crippen LogP contribution in [0.3, 0.4) is 0 Å². The van der Waals surface area contributed by atoms with Crippen LogP contribution < -0.4 is 0 Å². The van der Waals surface area contributed by atoms with Crippen molar-refractivity contribution in [1.82, 2.24) is 0 Å². The highest BCUT2D eigenvalue weighted by molar-refractivity contribution is 5.73. The lowest BCUT2D eigenvalue weighted by Crippen LogP contribution is -2.28. The number of ether oxygens (including phenoxy) is 1. The topological polar surface area (TPSA) is 46.5 Å². The van der Waals surface area contributed by atoms with Crippen molar-refractivity contribution in [2.75, 3.05) is 6.61 Å². The van der Waals surface area contributed by atoms with Crippen molar-refractivity contribution >= 4 is 5.97 Å². The number of hydrogen-bond donors (Lipinski definition) is 1.